The van der Waals surface area contributed by atoms with E-state index >= 15 is 0 Å². The Morgan fingerprint density at radius 2 is 2.10 bits per heavy atom. The lowest BCUT2D eigenvalue weighted by molar-refractivity contribution is 0.696. The molecule has 0 unspecified atom stereocenters. The van der Waals surface area contributed by atoms with E-state index in [1.807, 2.05) is 12.1 Å². The minimum absolute atomic E-state index is 0.179. The van der Waals surface area contributed by atoms with Crippen LogP contribution in [0.2, 0.25) is 0 Å². The fourth-order valence-corrected chi connectivity index (χ4v) is 2.34. The molecule has 1 saturated carbocycles. The lowest BCUT2D eigenvalue weighted by Crippen LogP contribution is -2.37. The molecule has 1 heterocycles. The second-order valence-electron chi connectivity index (χ2n) is 5.05. The first kappa shape index (κ1) is 13.1. The average molecular weight is 287 g/mol. The summed E-state index contributed by atoms with van der Waals surface area (Å²) in [4.78, 5) is 3.94. The van der Waals surface area contributed by atoms with Crippen LogP contribution in [0.25, 0.3) is 5.69 Å². The molecule has 0 amide bonds. The molecule has 0 saturated heterocycles. The van der Waals surface area contributed by atoms with E-state index < -0.39 is 0 Å². The molecule has 3 rings (SSSR count). The molecule has 0 bridgehead atoms. The van der Waals surface area contributed by atoms with Crippen LogP contribution in [0.3, 0.4) is 0 Å². The molecule has 1 atom stereocenters. The van der Waals surface area contributed by atoms with E-state index in [9.17, 15) is 0 Å². The van der Waals surface area contributed by atoms with Crippen molar-refractivity contribution in [3.8, 4) is 5.69 Å². The number of nitrogens with one attached hydrogen (secondary N) is 2. The molecule has 1 fully saturated rings. The summed E-state index contributed by atoms with van der Waals surface area (Å²) in [7, 11) is 0. The Balaban J connectivity index is 1.62. The maximum absolute atomic E-state index is 5.29. The third kappa shape index (κ3) is 3.14. The molecular formula is C14H17N5S. The topological polar surface area (TPSA) is 54.8 Å². The van der Waals surface area contributed by atoms with E-state index in [1.54, 1.807) is 11.0 Å². The van der Waals surface area contributed by atoms with Crippen molar-refractivity contribution in [2.75, 3.05) is 0 Å². The highest BCUT2D eigenvalue weighted by Gasteiger charge is 2.22. The van der Waals surface area contributed by atoms with Crippen LogP contribution in [0.1, 0.15) is 31.4 Å². The predicted molar refractivity (Wildman–Crippen MR) is 81.7 cm³/mol. The highest BCUT2D eigenvalue weighted by molar-refractivity contribution is 7.80. The monoisotopic (exact) mass is 287 g/mol. The minimum atomic E-state index is 0.179. The Bertz CT molecular complexity index is 574. The predicted octanol–water partition coefficient (Wildman–Crippen LogP) is 1.95. The maximum Gasteiger partial charge on any atom is 0.166 e. The summed E-state index contributed by atoms with van der Waals surface area (Å²) in [6.45, 7) is 2.10. The van der Waals surface area contributed by atoms with Crippen molar-refractivity contribution in [1.29, 1.82) is 0 Å². The highest BCUT2D eigenvalue weighted by atomic mass is 32.1. The van der Waals surface area contributed by atoms with Crippen LogP contribution in [0.4, 0.5) is 0 Å². The number of nitrogens with zero attached hydrogens (tertiary/aromatic N) is 3. The van der Waals surface area contributed by atoms with Crippen LogP contribution in [-0.4, -0.2) is 25.9 Å². The Morgan fingerprint density at radius 1 is 1.35 bits per heavy atom. The van der Waals surface area contributed by atoms with Crippen molar-refractivity contribution >= 4 is 17.3 Å². The fourth-order valence-electron chi connectivity index (χ4n) is 1.99. The fraction of sp³-hybridized carbons (Fsp3) is 0.357. The lowest BCUT2D eigenvalue weighted by atomic mass is 10.1. The van der Waals surface area contributed by atoms with Crippen LogP contribution in [-0.2, 0) is 0 Å². The van der Waals surface area contributed by atoms with E-state index in [0.717, 1.165) is 10.8 Å². The van der Waals surface area contributed by atoms with Gasteiger partial charge in [-0.1, -0.05) is 12.1 Å². The van der Waals surface area contributed by atoms with Crippen LogP contribution >= 0.6 is 12.2 Å². The van der Waals surface area contributed by atoms with Crippen LogP contribution in [0, 0.1) is 0 Å². The normalized spacial score (nSPS) is 15.7. The van der Waals surface area contributed by atoms with Gasteiger partial charge in [-0.05, 0) is 49.7 Å². The number of hydrogen-bond donors (Lipinski definition) is 2. The molecular weight excluding hydrogens is 270 g/mol. The van der Waals surface area contributed by atoms with Crippen molar-refractivity contribution in [2.45, 2.75) is 31.8 Å². The number of hydrogen-bond acceptors (Lipinski definition) is 3. The summed E-state index contributed by atoms with van der Waals surface area (Å²) < 4.78 is 1.74. The highest BCUT2D eigenvalue weighted by Crippen LogP contribution is 2.19. The van der Waals surface area contributed by atoms with Crippen molar-refractivity contribution in [2.24, 2.45) is 0 Å². The molecule has 0 spiro atoms. The molecule has 2 N–H and O–H groups in total. The largest absolute Gasteiger partial charge is 0.360 e. The van der Waals surface area contributed by atoms with Crippen molar-refractivity contribution in [3.05, 3.63) is 42.5 Å². The number of benzene rings is 1. The minimum Gasteiger partial charge on any atom is -0.360 e. The summed E-state index contributed by atoms with van der Waals surface area (Å²) in [5.41, 5.74) is 2.19. The van der Waals surface area contributed by atoms with E-state index in [4.69, 9.17) is 12.2 Å². The third-order valence-corrected chi connectivity index (χ3v) is 3.57. The first-order chi connectivity index (χ1) is 9.72. The summed E-state index contributed by atoms with van der Waals surface area (Å²) >= 11 is 5.29. The summed E-state index contributed by atoms with van der Waals surface area (Å²) in [5, 5.41) is 11.4. The van der Waals surface area contributed by atoms with Gasteiger partial charge in [0.05, 0.1) is 11.7 Å². The Morgan fingerprint density at radius 3 is 2.70 bits per heavy atom. The summed E-state index contributed by atoms with van der Waals surface area (Å²) in [6.07, 6.45) is 5.66. The van der Waals surface area contributed by atoms with Crippen molar-refractivity contribution < 1.29 is 0 Å². The summed E-state index contributed by atoms with van der Waals surface area (Å²) in [6, 6.07) is 8.97. The molecule has 5 nitrogen and oxygen atoms in total. The van der Waals surface area contributed by atoms with E-state index in [1.165, 1.54) is 24.7 Å². The number of aromatic nitrogens is 3. The Hall–Kier alpha value is -1.95. The van der Waals surface area contributed by atoms with Gasteiger partial charge in [0.2, 0.25) is 0 Å². The first-order valence-corrected chi connectivity index (χ1v) is 7.15. The van der Waals surface area contributed by atoms with E-state index in [-0.39, 0.29) is 6.04 Å². The molecule has 20 heavy (non-hydrogen) atoms. The number of rotatable bonds is 4. The van der Waals surface area contributed by atoms with Crippen LogP contribution < -0.4 is 10.6 Å². The van der Waals surface area contributed by atoms with Gasteiger partial charge in [-0.2, -0.15) is 5.10 Å². The van der Waals surface area contributed by atoms with Gasteiger partial charge in [0, 0.05) is 6.04 Å². The Labute approximate surface area is 123 Å². The van der Waals surface area contributed by atoms with Gasteiger partial charge in [0.25, 0.3) is 0 Å². The van der Waals surface area contributed by atoms with Gasteiger partial charge < -0.3 is 10.6 Å². The smallest absolute Gasteiger partial charge is 0.166 e. The van der Waals surface area contributed by atoms with Gasteiger partial charge in [0.1, 0.15) is 12.7 Å². The first-order valence-electron chi connectivity index (χ1n) is 6.74. The van der Waals surface area contributed by atoms with E-state index in [0.29, 0.717) is 6.04 Å². The van der Waals surface area contributed by atoms with Crippen LogP contribution in [0.15, 0.2) is 36.9 Å². The molecule has 1 aromatic heterocycles. The maximum atomic E-state index is 5.29. The zero-order chi connectivity index (χ0) is 13.9. The molecule has 1 aliphatic carbocycles. The molecule has 0 aliphatic heterocycles. The summed E-state index contributed by atoms with van der Waals surface area (Å²) in [5.74, 6) is 0. The average Bonchev–Trinajstić information content (AvgIpc) is 3.08. The molecule has 2 aromatic rings. The SMILES string of the molecule is C[C@@H](NC(=S)NC1CC1)c1ccc(-n2cncn2)cc1. The lowest BCUT2D eigenvalue weighted by Gasteiger charge is -2.17. The number of thiocarbonyl (C=S) groups is 1. The second kappa shape index (κ2) is 5.58. The zero-order valence-corrected chi connectivity index (χ0v) is 12.1. The Kier molecular flexibility index (Phi) is 3.64. The van der Waals surface area contributed by atoms with Crippen LogP contribution in [0.5, 0.6) is 0 Å². The van der Waals surface area contributed by atoms with Gasteiger partial charge >= 0.3 is 0 Å². The van der Waals surface area contributed by atoms with Gasteiger partial charge in [0.15, 0.2) is 5.11 Å². The standard InChI is InChI=1S/C14H17N5S/c1-10(17-14(20)18-12-4-5-12)11-2-6-13(7-3-11)19-9-15-8-16-19/h2-3,6-10,12H,4-5H2,1H3,(H2,17,18,20)/t10-/m1/s1. The zero-order valence-electron chi connectivity index (χ0n) is 11.3. The van der Waals surface area contributed by atoms with Gasteiger partial charge in [-0.15, -0.1) is 0 Å². The molecule has 0 radical (unpaired) electrons. The second-order valence-corrected chi connectivity index (χ2v) is 5.45. The molecule has 6 heteroatoms. The van der Waals surface area contributed by atoms with E-state index in [2.05, 4.69) is 39.8 Å². The quantitative estimate of drug-likeness (QED) is 0.842. The third-order valence-electron chi connectivity index (χ3n) is 3.34. The molecule has 1 aromatic carbocycles. The van der Waals surface area contributed by atoms with Crippen molar-refractivity contribution in [1.82, 2.24) is 25.4 Å². The van der Waals surface area contributed by atoms with Crippen molar-refractivity contribution in [3.63, 3.8) is 0 Å². The molecule has 1 aliphatic rings. The molecule has 104 valence electrons. The van der Waals surface area contributed by atoms with Gasteiger partial charge in [-0.3, -0.25) is 0 Å². The van der Waals surface area contributed by atoms with Gasteiger partial charge in [-0.25, -0.2) is 9.67 Å².